The fourth-order valence-corrected chi connectivity index (χ4v) is 3.34. The van der Waals surface area contributed by atoms with E-state index in [9.17, 15) is 26.4 Å². The third kappa shape index (κ3) is 4.15. The first-order chi connectivity index (χ1) is 11.5. The molecule has 0 aliphatic heterocycles. The van der Waals surface area contributed by atoms with E-state index in [0.29, 0.717) is 24.0 Å². The molecule has 0 bridgehead atoms. The monoisotopic (exact) mass is 378 g/mol. The van der Waals surface area contributed by atoms with Crippen LogP contribution >= 0.6 is 0 Å². The van der Waals surface area contributed by atoms with Crippen molar-refractivity contribution in [3.05, 3.63) is 47.2 Å². The lowest BCUT2D eigenvalue weighted by atomic mass is 9.81. The molecule has 5 nitrogen and oxygen atoms in total. The molecule has 0 fully saturated rings. The lowest BCUT2D eigenvalue weighted by Gasteiger charge is -2.27. The predicted molar refractivity (Wildman–Crippen MR) is 83.0 cm³/mol. The van der Waals surface area contributed by atoms with Crippen molar-refractivity contribution in [2.45, 2.75) is 31.7 Å². The highest BCUT2D eigenvalue weighted by Gasteiger charge is 2.51. The van der Waals surface area contributed by atoms with Gasteiger partial charge in [0, 0.05) is 5.41 Å². The number of halogens is 3. The standard InChI is InChI=1S/C16H17F3O5S/c1-15(10-11-5-3-6-12(9-11)14(20)23-2)8-4-7-13(15)24-25(21,22)16(17,18)19/h3,5-7,9H,4,8,10H2,1-2H3. The third-order valence-corrected chi connectivity index (χ3v) is 5.01. The molecule has 1 aromatic rings. The maximum Gasteiger partial charge on any atom is 0.534 e. The zero-order valence-corrected chi connectivity index (χ0v) is 14.4. The summed E-state index contributed by atoms with van der Waals surface area (Å²) >= 11 is 0. The highest BCUT2D eigenvalue weighted by molar-refractivity contribution is 7.87. The molecule has 0 amide bonds. The van der Waals surface area contributed by atoms with E-state index in [1.54, 1.807) is 31.2 Å². The van der Waals surface area contributed by atoms with Crippen molar-refractivity contribution >= 4 is 16.1 Å². The van der Waals surface area contributed by atoms with Crippen molar-refractivity contribution < 1.29 is 35.3 Å². The number of alkyl halides is 3. The molecule has 25 heavy (non-hydrogen) atoms. The van der Waals surface area contributed by atoms with Gasteiger partial charge < -0.3 is 8.92 Å². The molecule has 1 aliphatic rings. The summed E-state index contributed by atoms with van der Waals surface area (Å²) in [7, 11) is -4.47. The molecule has 1 atom stereocenters. The molecule has 138 valence electrons. The maximum absolute atomic E-state index is 12.6. The lowest BCUT2D eigenvalue weighted by molar-refractivity contribution is -0.0531. The van der Waals surface area contributed by atoms with Gasteiger partial charge in [-0.15, -0.1) is 0 Å². The number of ether oxygens (including phenoxy) is 1. The number of hydrogen-bond acceptors (Lipinski definition) is 5. The molecule has 0 spiro atoms. The van der Waals surface area contributed by atoms with Gasteiger partial charge in [-0.3, -0.25) is 0 Å². The van der Waals surface area contributed by atoms with Gasteiger partial charge in [0.15, 0.2) is 0 Å². The van der Waals surface area contributed by atoms with E-state index in [-0.39, 0.29) is 12.2 Å². The quantitative estimate of drug-likeness (QED) is 0.445. The second-order valence-electron chi connectivity index (χ2n) is 6.02. The largest absolute Gasteiger partial charge is 0.534 e. The number of allylic oxidation sites excluding steroid dienone is 2. The van der Waals surface area contributed by atoms with Crippen LogP contribution in [-0.4, -0.2) is 27.0 Å². The summed E-state index contributed by atoms with van der Waals surface area (Å²) in [4.78, 5) is 11.6. The predicted octanol–water partition coefficient (Wildman–Crippen LogP) is 3.57. The Bertz CT molecular complexity index is 798. The van der Waals surface area contributed by atoms with Crippen LogP contribution in [0.25, 0.3) is 0 Å². The number of carbonyl (C=O) groups excluding carboxylic acids is 1. The van der Waals surface area contributed by atoms with Crippen molar-refractivity contribution in [1.29, 1.82) is 0 Å². The van der Waals surface area contributed by atoms with Gasteiger partial charge in [-0.25, -0.2) is 4.79 Å². The van der Waals surface area contributed by atoms with Gasteiger partial charge in [0.1, 0.15) is 5.76 Å². The van der Waals surface area contributed by atoms with Crippen LogP contribution in [0.4, 0.5) is 13.2 Å². The summed E-state index contributed by atoms with van der Waals surface area (Å²) in [5, 5.41) is 0. The minimum atomic E-state index is -5.71. The zero-order valence-electron chi connectivity index (χ0n) is 13.6. The average molecular weight is 378 g/mol. The van der Waals surface area contributed by atoms with Gasteiger partial charge in [0.2, 0.25) is 0 Å². The summed E-state index contributed by atoms with van der Waals surface area (Å²) < 4.78 is 69.2. The number of benzene rings is 1. The van der Waals surface area contributed by atoms with E-state index in [0.717, 1.165) is 0 Å². The average Bonchev–Trinajstić information content (AvgIpc) is 2.85. The Morgan fingerprint density at radius 1 is 1.32 bits per heavy atom. The van der Waals surface area contributed by atoms with Crippen molar-refractivity contribution in [2.24, 2.45) is 5.41 Å². The van der Waals surface area contributed by atoms with E-state index in [1.807, 2.05) is 0 Å². The van der Waals surface area contributed by atoms with Gasteiger partial charge in [-0.05, 0) is 43.0 Å². The van der Waals surface area contributed by atoms with Crippen molar-refractivity contribution in [1.82, 2.24) is 0 Å². The van der Waals surface area contributed by atoms with Crippen LogP contribution in [0.2, 0.25) is 0 Å². The van der Waals surface area contributed by atoms with E-state index in [4.69, 9.17) is 0 Å². The molecule has 2 rings (SSSR count). The van der Waals surface area contributed by atoms with Crippen LogP contribution in [0.3, 0.4) is 0 Å². The molecule has 0 aromatic heterocycles. The van der Waals surface area contributed by atoms with Gasteiger partial charge in [-0.1, -0.05) is 19.1 Å². The van der Waals surface area contributed by atoms with Crippen LogP contribution in [0.1, 0.15) is 35.7 Å². The molecule has 0 saturated heterocycles. The molecule has 0 N–H and O–H groups in total. The van der Waals surface area contributed by atoms with E-state index in [1.165, 1.54) is 13.2 Å². The smallest absolute Gasteiger partial charge is 0.465 e. The van der Waals surface area contributed by atoms with Crippen molar-refractivity contribution in [3.63, 3.8) is 0 Å². The normalized spacial score (nSPS) is 20.9. The molecule has 1 aromatic carbocycles. The van der Waals surface area contributed by atoms with Crippen LogP contribution in [0, 0.1) is 5.41 Å². The maximum atomic E-state index is 12.6. The molecule has 1 aliphatic carbocycles. The number of methoxy groups -OCH3 is 1. The molecule has 1 unspecified atom stereocenters. The fraction of sp³-hybridized carbons (Fsp3) is 0.438. The second kappa shape index (κ2) is 6.70. The summed E-state index contributed by atoms with van der Waals surface area (Å²) in [6.07, 6.45) is 2.40. The number of carbonyl (C=O) groups is 1. The molecule has 0 saturated carbocycles. The summed E-state index contributed by atoms with van der Waals surface area (Å²) in [5.74, 6) is -0.765. The Morgan fingerprint density at radius 3 is 2.60 bits per heavy atom. The van der Waals surface area contributed by atoms with Gasteiger partial charge >= 0.3 is 21.6 Å². The zero-order chi connectivity index (χ0) is 18.9. The van der Waals surface area contributed by atoms with Crippen LogP contribution in [0.5, 0.6) is 0 Å². The topological polar surface area (TPSA) is 69.7 Å². The van der Waals surface area contributed by atoms with Crippen molar-refractivity contribution in [3.8, 4) is 0 Å². The third-order valence-electron chi connectivity index (χ3n) is 4.05. The number of hydrogen-bond donors (Lipinski definition) is 0. The molecule has 0 radical (unpaired) electrons. The molecule has 9 heteroatoms. The minimum Gasteiger partial charge on any atom is -0.465 e. The second-order valence-corrected chi connectivity index (χ2v) is 7.56. The fourth-order valence-electron chi connectivity index (χ4n) is 2.74. The number of rotatable bonds is 5. The Kier molecular flexibility index (Phi) is 5.17. The Balaban J connectivity index is 2.24. The summed E-state index contributed by atoms with van der Waals surface area (Å²) in [6, 6.07) is 6.43. The summed E-state index contributed by atoms with van der Waals surface area (Å²) in [6.45, 7) is 1.63. The van der Waals surface area contributed by atoms with Crippen LogP contribution < -0.4 is 0 Å². The SMILES string of the molecule is COC(=O)c1cccc(CC2(C)CCC=C2OS(=O)(=O)C(F)(F)F)c1. The van der Waals surface area contributed by atoms with E-state index in [2.05, 4.69) is 8.92 Å². The summed E-state index contributed by atoms with van der Waals surface area (Å²) in [5.41, 5.74) is -5.45. The van der Waals surface area contributed by atoms with E-state index >= 15 is 0 Å². The van der Waals surface area contributed by atoms with E-state index < -0.39 is 27.0 Å². The first-order valence-corrected chi connectivity index (χ1v) is 8.78. The highest BCUT2D eigenvalue weighted by atomic mass is 32.2. The van der Waals surface area contributed by atoms with Crippen molar-refractivity contribution in [2.75, 3.05) is 7.11 Å². The van der Waals surface area contributed by atoms with Crippen LogP contribution in [-0.2, 0) is 25.5 Å². The lowest BCUT2D eigenvalue weighted by Crippen LogP contribution is -2.29. The van der Waals surface area contributed by atoms with Gasteiger partial charge in [0.25, 0.3) is 0 Å². The Morgan fingerprint density at radius 2 is 2.00 bits per heavy atom. The molecule has 0 heterocycles. The Hall–Kier alpha value is -2.03. The number of esters is 1. The minimum absolute atomic E-state index is 0.219. The first kappa shape index (κ1) is 19.3. The Labute approximate surface area is 143 Å². The van der Waals surface area contributed by atoms with Crippen LogP contribution in [0.15, 0.2) is 36.1 Å². The highest BCUT2D eigenvalue weighted by Crippen LogP contribution is 2.44. The van der Waals surface area contributed by atoms with Gasteiger partial charge in [-0.2, -0.15) is 21.6 Å². The molecular weight excluding hydrogens is 361 g/mol. The first-order valence-electron chi connectivity index (χ1n) is 7.37. The molecular formula is C16H17F3O5S. The van der Waals surface area contributed by atoms with Gasteiger partial charge in [0.05, 0.1) is 12.7 Å².